The molecule has 7 nitrogen and oxygen atoms in total. The number of sulfonamides is 1. The maximum Gasteiger partial charge on any atom is 0.338 e. The minimum Gasteiger partial charge on any atom is -0.486 e. The van der Waals surface area contributed by atoms with Crippen LogP contribution in [-0.4, -0.2) is 34.1 Å². The van der Waals surface area contributed by atoms with Crippen molar-refractivity contribution in [2.24, 2.45) is 0 Å². The minimum atomic E-state index is -3.64. The van der Waals surface area contributed by atoms with Crippen molar-refractivity contribution in [3.63, 3.8) is 0 Å². The van der Waals surface area contributed by atoms with Crippen LogP contribution in [0.1, 0.15) is 15.9 Å². The second-order valence-electron chi connectivity index (χ2n) is 5.83. The van der Waals surface area contributed by atoms with Gasteiger partial charge in [0.05, 0.1) is 10.5 Å². The predicted molar refractivity (Wildman–Crippen MR) is 106 cm³/mol. The molecule has 0 fully saturated rings. The summed E-state index contributed by atoms with van der Waals surface area (Å²) in [6.45, 7) is 4.56. The van der Waals surface area contributed by atoms with Crippen LogP contribution >= 0.6 is 15.9 Å². The SMILES string of the molecule is C=CCNS(=O)(=O)c1ccc(C(=O)OCc2cc3c(cc2Br)OCCO3)cc1. The molecule has 28 heavy (non-hydrogen) atoms. The molecule has 0 spiro atoms. The van der Waals surface area contributed by atoms with Gasteiger partial charge < -0.3 is 14.2 Å². The summed E-state index contributed by atoms with van der Waals surface area (Å²) in [5, 5.41) is 0. The van der Waals surface area contributed by atoms with Crippen LogP contribution in [0.4, 0.5) is 0 Å². The average molecular weight is 468 g/mol. The van der Waals surface area contributed by atoms with Crippen LogP contribution in [0, 0.1) is 0 Å². The lowest BCUT2D eigenvalue weighted by Crippen LogP contribution is -2.23. The zero-order chi connectivity index (χ0) is 20.1. The molecule has 2 aromatic carbocycles. The third-order valence-corrected chi connectivity index (χ3v) is 6.07. The van der Waals surface area contributed by atoms with Gasteiger partial charge in [0.25, 0.3) is 0 Å². The number of ether oxygens (including phenoxy) is 3. The van der Waals surface area contributed by atoms with Gasteiger partial charge in [-0.3, -0.25) is 0 Å². The first kappa shape index (κ1) is 20.4. The largest absolute Gasteiger partial charge is 0.486 e. The molecule has 1 N–H and O–H groups in total. The Kier molecular flexibility index (Phi) is 6.38. The fourth-order valence-corrected chi connectivity index (χ4v) is 3.90. The van der Waals surface area contributed by atoms with Crippen molar-refractivity contribution >= 4 is 31.9 Å². The van der Waals surface area contributed by atoms with Crippen molar-refractivity contribution < 1.29 is 27.4 Å². The Morgan fingerprint density at radius 3 is 2.46 bits per heavy atom. The zero-order valence-electron chi connectivity index (χ0n) is 14.8. The summed E-state index contributed by atoms with van der Waals surface area (Å²) in [6, 6.07) is 9.04. The molecule has 1 aliphatic heterocycles. The molecular weight excluding hydrogens is 450 g/mol. The molecule has 0 aromatic heterocycles. The van der Waals surface area contributed by atoms with Crippen LogP contribution in [0.5, 0.6) is 11.5 Å². The molecule has 0 aliphatic carbocycles. The van der Waals surface area contributed by atoms with Gasteiger partial charge in [-0.1, -0.05) is 22.0 Å². The standard InChI is InChI=1S/C19H18BrNO6S/c1-2-7-21-28(23,24)15-5-3-13(4-6-15)19(22)27-12-14-10-17-18(11-16(14)20)26-9-8-25-17/h2-6,10-11,21H,1,7-9,12H2. The molecule has 0 saturated heterocycles. The summed E-state index contributed by atoms with van der Waals surface area (Å²) in [5.41, 5.74) is 0.974. The molecule has 0 radical (unpaired) electrons. The molecule has 9 heteroatoms. The number of benzene rings is 2. The van der Waals surface area contributed by atoms with Gasteiger partial charge in [0.1, 0.15) is 19.8 Å². The zero-order valence-corrected chi connectivity index (χ0v) is 17.2. The van der Waals surface area contributed by atoms with Crippen molar-refractivity contribution in [1.82, 2.24) is 4.72 Å². The van der Waals surface area contributed by atoms with E-state index in [0.29, 0.717) is 24.7 Å². The Balaban J connectivity index is 1.66. The number of halogens is 1. The molecule has 1 aliphatic rings. The van der Waals surface area contributed by atoms with Crippen LogP contribution in [0.3, 0.4) is 0 Å². The van der Waals surface area contributed by atoms with Crippen molar-refractivity contribution in [2.75, 3.05) is 19.8 Å². The number of carbonyl (C=O) groups excluding carboxylic acids is 1. The normalized spacial score (nSPS) is 13.0. The highest BCUT2D eigenvalue weighted by Gasteiger charge is 2.17. The van der Waals surface area contributed by atoms with Gasteiger partial charge in [-0.25, -0.2) is 17.9 Å². The maximum absolute atomic E-state index is 12.3. The summed E-state index contributed by atoms with van der Waals surface area (Å²) in [7, 11) is -3.64. The lowest BCUT2D eigenvalue weighted by molar-refractivity contribution is 0.0471. The van der Waals surface area contributed by atoms with E-state index in [1.54, 1.807) is 12.1 Å². The summed E-state index contributed by atoms with van der Waals surface area (Å²) < 4.78 is 43.5. The lowest BCUT2D eigenvalue weighted by atomic mass is 10.2. The van der Waals surface area contributed by atoms with Gasteiger partial charge in [-0.2, -0.15) is 0 Å². The topological polar surface area (TPSA) is 90.9 Å². The smallest absolute Gasteiger partial charge is 0.338 e. The lowest BCUT2D eigenvalue weighted by Gasteiger charge is -2.19. The van der Waals surface area contributed by atoms with E-state index in [-0.39, 0.29) is 23.6 Å². The number of fused-ring (bicyclic) bond motifs is 1. The Bertz CT molecular complexity index is 988. The number of hydrogen-bond donors (Lipinski definition) is 1. The summed E-state index contributed by atoms with van der Waals surface area (Å²) in [5.74, 6) is 0.668. The first-order valence-corrected chi connectivity index (χ1v) is 10.6. The van der Waals surface area contributed by atoms with Crippen molar-refractivity contribution in [3.05, 3.63) is 64.7 Å². The third-order valence-electron chi connectivity index (χ3n) is 3.89. The number of esters is 1. The van der Waals surface area contributed by atoms with E-state index >= 15 is 0 Å². The first-order valence-electron chi connectivity index (χ1n) is 8.36. The van der Waals surface area contributed by atoms with Crippen molar-refractivity contribution in [2.45, 2.75) is 11.5 Å². The maximum atomic E-state index is 12.3. The van der Waals surface area contributed by atoms with Crippen LogP contribution < -0.4 is 14.2 Å². The van der Waals surface area contributed by atoms with E-state index < -0.39 is 16.0 Å². The highest BCUT2D eigenvalue weighted by Crippen LogP contribution is 2.35. The van der Waals surface area contributed by atoms with Crippen LogP contribution in [0.2, 0.25) is 0 Å². The number of hydrogen-bond acceptors (Lipinski definition) is 6. The quantitative estimate of drug-likeness (QED) is 0.496. The minimum absolute atomic E-state index is 0.0248. The number of rotatable bonds is 7. The Labute approximate surface area is 171 Å². The Morgan fingerprint density at radius 1 is 1.18 bits per heavy atom. The summed E-state index contributed by atoms with van der Waals surface area (Å²) >= 11 is 3.43. The molecule has 1 heterocycles. The number of carbonyl (C=O) groups is 1. The molecule has 3 rings (SSSR count). The molecule has 0 saturated carbocycles. The average Bonchev–Trinajstić information content (AvgIpc) is 2.70. The van der Waals surface area contributed by atoms with E-state index in [0.717, 1.165) is 10.0 Å². The van der Waals surface area contributed by atoms with E-state index in [1.807, 2.05) is 0 Å². The highest BCUT2D eigenvalue weighted by molar-refractivity contribution is 9.10. The monoisotopic (exact) mass is 467 g/mol. The van der Waals surface area contributed by atoms with Gasteiger partial charge in [0.15, 0.2) is 11.5 Å². The van der Waals surface area contributed by atoms with Gasteiger partial charge >= 0.3 is 5.97 Å². The van der Waals surface area contributed by atoms with Crippen LogP contribution in [0.25, 0.3) is 0 Å². The van der Waals surface area contributed by atoms with E-state index in [4.69, 9.17) is 14.2 Å². The fourth-order valence-electron chi connectivity index (χ4n) is 2.47. The first-order chi connectivity index (χ1) is 13.4. The van der Waals surface area contributed by atoms with E-state index in [2.05, 4.69) is 27.2 Å². The molecule has 0 unspecified atom stereocenters. The highest BCUT2D eigenvalue weighted by atomic mass is 79.9. The van der Waals surface area contributed by atoms with Crippen LogP contribution in [-0.2, 0) is 21.4 Å². The van der Waals surface area contributed by atoms with Gasteiger partial charge in [-0.15, -0.1) is 6.58 Å². The summed E-state index contributed by atoms with van der Waals surface area (Å²) in [4.78, 5) is 12.3. The van der Waals surface area contributed by atoms with Crippen LogP contribution in [0.15, 0.2) is 58.4 Å². The van der Waals surface area contributed by atoms with Gasteiger partial charge in [-0.05, 0) is 36.4 Å². The molecule has 0 atom stereocenters. The molecular formula is C19H18BrNO6S. The van der Waals surface area contributed by atoms with E-state index in [1.165, 1.54) is 30.3 Å². The fraction of sp³-hybridized carbons (Fsp3) is 0.211. The second-order valence-corrected chi connectivity index (χ2v) is 8.45. The van der Waals surface area contributed by atoms with E-state index in [9.17, 15) is 13.2 Å². The van der Waals surface area contributed by atoms with Crippen molar-refractivity contribution in [3.8, 4) is 11.5 Å². The molecule has 148 valence electrons. The molecule has 0 amide bonds. The van der Waals surface area contributed by atoms with Gasteiger partial charge in [0, 0.05) is 16.6 Å². The Morgan fingerprint density at radius 2 is 1.82 bits per heavy atom. The van der Waals surface area contributed by atoms with Crippen molar-refractivity contribution in [1.29, 1.82) is 0 Å². The van der Waals surface area contributed by atoms with Gasteiger partial charge in [0.2, 0.25) is 10.0 Å². The second kappa shape index (κ2) is 8.76. The Hall–Kier alpha value is -2.36. The summed E-state index contributed by atoms with van der Waals surface area (Å²) in [6.07, 6.45) is 1.44. The third kappa shape index (κ3) is 4.73. The molecule has 0 bridgehead atoms. The number of nitrogens with one attached hydrogen (secondary N) is 1. The molecule has 2 aromatic rings. The predicted octanol–water partition coefficient (Wildman–Crippen LogP) is 3.04.